The second-order valence-electron chi connectivity index (χ2n) is 4.60. The molecule has 2 heteroatoms. The molecular weight excluding hydrogens is 220 g/mol. The molecule has 0 aromatic heterocycles. The third-order valence-corrected chi connectivity index (χ3v) is 3.03. The highest BCUT2D eigenvalue weighted by atomic mass is 14.9. The van der Waals surface area contributed by atoms with Crippen molar-refractivity contribution in [1.82, 2.24) is 0 Å². The topological polar surface area (TPSA) is 38.0 Å². The summed E-state index contributed by atoms with van der Waals surface area (Å²) in [7, 11) is 0. The van der Waals surface area contributed by atoms with Crippen LogP contribution < -0.4 is 11.1 Å². The maximum absolute atomic E-state index is 6.15. The van der Waals surface area contributed by atoms with Gasteiger partial charge in [-0.15, -0.1) is 0 Å². The lowest BCUT2D eigenvalue weighted by atomic mass is 10.1. The number of rotatable bonds is 5. The molecule has 2 aromatic carbocycles. The van der Waals surface area contributed by atoms with Crippen LogP contribution in [0.4, 0.5) is 5.69 Å². The van der Waals surface area contributed by atoms with Gasteiger partial charge in [-0.3, -0.25) is 0 Å². The number of hydrogen-bond donors (Lipinski definition) is 2. The van der Waals surface area contributed by atoms with E-state index in [1.54, 1.807) is 0 Å². The zero-order valence-electron chi connectivity index (χ0n) is 10.8. The smallest absolute Gasteiger partial charge is 0.0342 e. The molecule has 1 unspecified atom stereocenters. The summed E-state index contributed by atoms with van der Waals surface area (Å²) in [5, 5.41) is 3.41. The van der Waals surface area contributed by atoms with E-state index in [1.165, 1.54) is 11.1 Å². The number of hydrogen-bond acceptors (Lipinski definition) is 2. The molecule has 0 aliphatic heterocycles. The highest BCUT2D eigenvalue weighted by molar-refractivity contribution is 5.45. The molecule has 0 aliphatic carbocycles. The van der Waals surface area contributed by atoms with Crippen molar-refractivity contribution in [1.29, 1.82) is 0 Å². The molecule has 3 N–H and O–H groups in total. The average molecular weight is 240 g/mol. The first-order valence-corrected chi connectivity index (χ1v) is 6.37. The van der Waals surface area contributed by atoms with Crippen molar-refractivity contribution in [3.8, 4) is 0 Å². The van der Waals surface area contributed by atoms with Crippen LogP contribution in [0.5, 0.6) is 0 Å². The van der Waals surface area contributed by atoms with E-state index < -0.39 is 0 Å². The van der Waals surface area contributed by atoms with Crippen LogP contribution in [-0.4, -0.2) is 6.54 Å². The summed E-state index contributed by atoms with van der Waals surface area (Å²) >= 11 is 0. The molecule has 94 valence electrons. The normalized spacial score (nSPS) is 12.1. The minimum Gasteiger partial charge on any atom is -0.385 e. The lowest BCUT2D eigenvalue weighted by molar-refractivity contribution is 0.675. The Labute approximate surface area is 109 Å². The van der Waals surface area contributed by atoms with Crippen LogP contribution >= 0.6 is 0 Å². The van der Waals surface area contributed by atoms with Gasteiger partial charge in [0.05, 0.1) is 0 Å². The van der Waals surface area contributed by atoms with Gasteiger partial charge < -0.3 is 11.1 Å². The third kappa shape index (κ3) is 3.60. The van der Waals surface area contributed by atoms with Crippen molar-refractivity contribution in [2.24, 2.45) is 5.73 Å². The van der Waals surface area contributed by atoms with Crippen LogP contribution in [-0.2, 0) is 0 Å². The predicted octanol–water partition coefficient (Wildman–Crippen LogP) is 3.50. The van der Waals surface area contributed by atoms with Gasteiger partial charge in [0.2, 0.25) is 0 Å². The Morgan fingerprint density at radius 2 is 1.83 bits per heavy atom. The number of nitrogens with two attached hydrogens (primary N) is 1. The Kier molecular flexibility index (Phi) is 4.37. The quantitative estimate of drug-likeness (QED) is 0.839. The van der Waals surface area contributed by atoms with Crippen LogP contribution in [0.25, 0.3) is 0 Å². The van der Waals surface area contributed by atoms with Gasteiger partial charge in [-0.05, 0) is 36.6 Å². The zero-order chi connectivity index (χ0) is 12.8. The lowest BCUT2D eigenvalue weighted by Gasteiger charge is -2.13. The van der Waals surface area contributed by atoms with Gasteiger partial charge in [0.1, 0.15) is 0 Å². The van der Waals surface area contributed by atoms with E-state index in [-0.39, 0.29) is 6.04 Å². The summed E-state index contributed by atoms with van der Waals surface area (Å²) < 4.78 is 0. The standard InChI is InChI=1S/C16H20N2/c1-13-6-5-9-15(12-13)18-11-10-16(17)14-7-3-2-4-8-14/h2-9,12,16,18H,10-11,17H2,1H3. The van der Waals surface area contributed by atoms with Crippen molar-refractivity contribution in [2.45, 2.75) is 19.4 Å². The summed E-state index contributed by atoms with van der Waals surface area (Å²) in [5.41, 5.74) is 9.78. The highest BCUT2D eigenvalue weighted by Gasteiger charge is 2.04. The number of aryl methyl sites for hydroxylation is 1. The van der Waals surface area contributed by atoms with Crippen molar-refractivity contribution in [3.63, 3.8) is 0 Å². The number of nitrogens with one attached hydrogen (secondary N) is 1. The molecule has 0 saturated heterocycles. The van der Waals surface area contributed by atoms with Crippen LogP contribution in [0.3, 0.4) is 0 Å². The van der Waals surface area contributed by atoms with Crippen molar-refractivity contribution >= 4 is 5.69 Å². The number of benzene rings is 2. The summed E-state index contributed by atoms with van der Waals surface area (Å²) in [6, 6.07) is 18.7. The largest absolute Gasteiger partial charge is 0.385 e. The van der Waals surface area contributed by atoms with E-state index in [1.807, 2.05) is 18.2 Å². The van der Waals surface area contributed by atoms with Gasteiger partial charge in [0.25, 0.3) is 0 Å². The monoisotopic (exact) mass is 240 g/mol. The molecule has 0 aliphatic rings. The molecule has 0 amide bonds. The Bertz CT molecular complexity index is 479. The van der Waals surface area contributed by atoms with Gasteiger partial charge in [0.15, 0.2) is 0 Å². The number of anilines is 1. The van der Waals surface area contributed by atoms with Gasteiger partial charge in [-0.2, -0.15) is 0 Å². The Hall–Kier alpha value is -1.80. The van der Waals surface area contributed by atoms with Crippen molar-refractivity contribution in [3.05, 3.63) is 65.7 Å². The maximum atomic E-state index is 6.15. The Morgan fingerprint density at radius 3 is 2.56 bits per heavy atom. The predicted molar refractivity (Wildman–Crippen MR) is 77.7 cm³/mol. The zero-order valence-corrected chi connectivity index (χ0v) is 10.8. The van der Waals surface area contributed by atoms with Gasteiger partial charge >= 0.3 is 0 Å². The lowest BCUT2D eigenvalue weighted by Crippen LogP contribution is -2.15. The second kappa shape index (κ2) is 6.22. The van der Waals surface area contributed by atoms with Gasteiger partial charge in [-0.1, -0.05) is 42.5 Å². The summed E-state index contributed by atoms with van der Waals surface area (Å²) in [5.74, 6) is 0. The fourth-order valence-electron chi connectivity index (χ4n) is 1.99. The molecule has 1 atom stereocenters. The third-order valence-electron chi connectivity index (χ3n) is 3.03. The van der Waals surface area contributed by atoms with E-state index in [0.717, 1.165) is 18.7 Å². The first-order valence-electron chi connectivity index (χ1n) is 6.37. The molecule has 2 aromatic rings. The molecular formula is C16H20N2. The maximum Gasteiger partial charge on any atom is 0.0342 e. The van der Waals surface area contributed by atoms with Crippen LogP contribution in [0.1, 0.15) is 23.6 Å². The van der Waals surface area contributed by atoms with Crippen LogP contribution in [0.2, 0.25) is 0 Å². The van der Waals surface area contributed by atoms with Crippen molar-refractivity contribution in [2.75, 3.05) is 11.9 Å². The minimum atomic E-state index is 0.100. The van der Waals surface area contributed by atoms with E-state index in [0.29, 0.717) is 0 Å². The Balaban J connectivity index is 1.82. The van der Waals surface area contributed by atoms with Crippen LogP contribution in [0, 0.1) is 6.92 Å². The first kappa shape index (κ1) is 12.7. The Morgan fingerprint density at radius 1 is 1.06 bits per heavy atom. The van der Waals surface area contributed by atoms with Crippen molar-refractivity contribution < 1.29 is 0 Å². The fourth-order valence-corrected chi connectivity index (χ4v) is 1.99. The minimum absolute atomic E-state index is 0.100. The second-order valence-corrected chi connectivity index (χ2v) is 4.60. The van der Waals surface area contributed by atoms with Gasteiger partial charge in [0, 0.05) is 18.3 Å². The summed E-state index contributed by atoms with van der Waals surface area (Å²) in [4.78, 5) is 0. The molecule has 0 spiro atoms. The molecule has 0 radical (unpaired) electrons. The average Bonchev–Trinajstić information content (AvgIpc) is 2.40. The summed E-state index contributed by atoms with van der Waals surface area (Å²) in [6.07, 6.45) is 0.929. The molecule has 0 saturated carbocycles. The van der Waals surface area contributed by atoms with E-state index >= 15 is 0 Å². The van der Waals surface area contributed by atoms with Gasteiger partial charge in [-0.25, -0.2) is 0 Å². The van der Waals surface area contributed by atoms with E-state index in [9.17, 15) is 0 Å². The molecule has 0 heterocycles. The SMILES string of the molecule is Cc1cccc(NCCC(N)c2ccccc2)c1. The molecule has 2 rings (SSSR count). The highest BCUT2D eigenvalue weighted by Crippen LogP contribution is 2.14. The fraction of sp³-hybridized carbons (Fsp3) is 0.250. The van der Waals surface area contributed by atoms with E-state index in [4.69, 9.17) is 5.73 Å². The summed E-state index contributed by atoms with van der Waals surface area (Å²) in [6.45, 7) is 2.99. The molecule has 18 heavy (non-hydrogen) atoms. The van der Waals surface area contributed by atoms with E-state index in [2.05, 4.69) is 48.6 Å². The molecule has 2 nitrogen and oxygen atoms in total. The molecule has 0 fully saturated rings. The van der Waals surface area contributed by atoms with Crippen LogP contribution in [0.15, 0.2) is 54.6 Å². The molecule has 0 bridgehead atoms. The first-order chi connectivity index (χ1) is 8.75.